The lowest BCUT2D eigenvalue weighted by Gasteiger charge is -2.37. The molecule has 1 amide bonds. The maximum atomic E-state index is 13.5. The highest BCUT2D eigenvalue weighted by molar-refractivity contribution is 7.89. The van der Waals surface area contributed by atoms with E-state index >= 15 is 0 Å². The highest BCUT2D eigenvalue weighted by Crippen LogP contribution is 2.23. The number of halogens is 2. The van der Waals surface area contributed by atoms with Crippen LogP contribution in [0.4, 0.5) is 5.69 Å². The predicted octanol–water partition coefficient (Wildman–Crippen LogP) is 4.54. The molecule has 0 spiro atoms. The number of rotatable bonds is 8. The van der Waals surface area contributed by atoms with Crippen LogP contribution in [-0.4, -0.2) is 63.4 Å². The van der Waals surface area contributed by atoms with Crippen LogP contribution in [-0.2, 0) is 21.4 Å². The molecule has 1 fully saturated rings. The number of nitrogens with zero attached hydrogens (tertiary/aromatic N) is 3. The maximum Gasteiger partial charge on any atom is 0.243 e. The third-order valence-corrected chi connectivity index (χ3v) is 8.42. The van der Waals surface area contributed by atoms with Gasteiger partial charge in [-0.15, -0.1) is 0 Å². The van der Waals surface area contributed by atoms with Crippen molar-refractivity contribution in [3.05, 3.63) is 88.4 Å². The molecule has 0 saturated carbocycles. The first-order valence-electron chi connectivity index (χ1n) is 11.4. The van der Waals surface area contributed by atoms with Gasteiger partial charge in [0.15, 0.2) is 0 Å². The molecule has 10 heteroatoms. The van der Waals surface area contributed by atoms with Gasteiger partial charge in [-0.1, -0.05) is 35.3 Å². The number of amides is 1. The zero-order chi connectivity index (χ0) is 25.7. The van der Waals surface area contributed by atoms with Crippen LogP contribution < -0.4 is 9.64 Å². The fourth-order valence-electron chi connectivity index (χ4n) is 4.03. The van der Waals surface area contributed by atoms with Crippen LogP contribution in [0.3, 0.4) is 0 Å². The number of piperazine rings is 1. The molecule has 0 unspecified atom stereocenters. The number of carbonyl (C=O) groups is 1. The minimum atomic E-state index is -3.95. The Morgan fingerprint density at radius 1 is 0.861 bits per heavy atom. The van der Waals surface area contributed by atoms with E-state index in [1.165, 1.54) is 28.6 Å². The van der Waals surface area contributed by atoms with Gasteiger partial charge in [-0.2, -0.15) is 4.31 Å². The Morgan fingerprint density at radius 3 is 1.97 bits per heavy atom. The van der Waals surface area contributed by atoms with Gasteiger partial charge in [0.25, 0.3) is 0 Å². The van der Waals surface area contributed by atoms with Gasteiger partial charge in [-0.25, -0.2) is 8.42 Å². The van der Waals surface area contributed by atoms with Crippen molar-refractivity contribution in [2.24, 2.45) is 0 Å². The molecule has 7 nitrogen and oxygen atoms in total. The summed E-state index contributed by atoms with van der Waals surface area (Å²) in [7, 11) is -2.32. The average Bonchev–Trinajstić information content (AvgIpc) is 2.90. The lowest BCUT2D eigenvalue weighted by Crippen LogP contribution is -2.51. The van der Waals surface area contributed by atoms with Gasteiger partial charge in [-0.05, 0) is 66.2 Å². The summed E-state index contributed by atoms with van der Waals surface area (Å²) in [5.74, 6) is 0.547. The zero-order valence-electron chi connectivity index (χ0n) is 19.8. The second-order valence-electron chi connectivity index (χ2n) is 8.42. The maximum absolute atomic E-state index is 13.5. The number of sulfonamides is 1. The van der Waals surface area contributed by atoms with E-state index < -0.39 is 10.0 Å². The molecule has 0 radical (unpaired) electrons. The van der Waals surface area contributed by atoms with Crippen LogP contribution in [0.25, 0.3) is 0 Å². The first-order chi connectivity index (χ1) is 17.3. The number of hydrogen-bond donors (Lipinski definition) is 0. The zero-order valence-corrected chi connectivity index (χ0v) is 22.1. The van der Waals surface area contributed by atoms with Gasteiger partial charge in [0.1, 0.15) is 5.75 Å². The summed E-state index contributed by atoms with van der Waals surface area (Å²) in [5, 5.41) is 0.987. The second kappa shape index (κ2) is 11.5. The van der Waals surface area contributed by atoms with Crippen LogP contribution >= 0.6 is 23.2 Å². The van der Waals surface area contributed by atoms with Gasteiger partial charge < -0.3 is 14.5 Å². The quantitative estimate of drug-likeness (QED) is 0.414. The first kappa shape index (κ1) is 26.3. The van der Waals surface area contributed by atoms with Gasteiger partial charge >= 0.3 is 0 Å². The molecule has 3 aromatic carbocycles. The minimum absolute atomic E-state index is 0.0414. The Bertz CT molecular complexity index is 1280. The molecular formula is C26H27Cl2N3O4S. The van der Waals surface area contributed by atoms with E-state index in [9.17, 15) is 13.2 Å². The molecule has 0 aliphatic carbocycles. The summed E-state index contributed by atoms with van der Waals surface area (Å²) >= 11 is 11.9. The van der Waals surface area contributed by atoms with E-state index in [-0.39, 0.29) is 23.9 Å². The van der Waals surface area contributed by atoms with Gasteiger partial charge in [0, 0.05) is 48.5 Å². The van der Waals surface area contributed by atoms with Gasteiger partial charge in [-0.3, -0.25) is 4.79 Å². The van der Waals surface area contributed by atoms with Crippen molar-refractivity contribution in [2.75, 3.05) is 44.7 Å². The molecule has 0 aromatic heterocycles. The highest BCUT2D eigenvalue weighted by atomic mass is 35.5. The minimum Gasteiger partial charge on any atom is -0.497 e. The molecule has 1 heterocycles. The molecular weight excluding hydrogens is 521 g/mol. The highest BCUT2D eigenvalue weighted by Gasteiger charge is 2.30. The van der Waals surface area contributed by atoms with Crippen LogP contribution in [0.5, 0.6) is 5.75 Å². The first-order valence-corrected chi connectivity index (χ1v) is 13.6. The number of anilines is 1. The smallest absolute Gasteiger partial charge is 0.243 e. The monoisotopic (exact) mass is 547 g/mol. The molecule has 3 aromatic rings. The van der Waals surface area contributed by atoms with E-state index in [1.54, 1.807) is 36.3 Å². The fraction of sp³-hybridized carbons (Fsp3) is 0.269. The Labute approximate surface area is 221 Å². The molecule has 4 rings (SSSR count). The summed E-state index contributed by atoms with van der Waals surface area (Å²) in [6.07, 6.45) is 0. The van der Waals surface area contributed by atoms with Crippen LogP contribution in [0.15, 0.2) is 77.7 Å². The van der Waals surface area contributed by atoms with Crippen LogP contribution in [0.2, 0.25) is 10.0 Å². The Kier molecular flexibility index (Phi) is 8.41. The van der Waals surface area contributed by atoms with Gasteiger partial charge in [0.2, 0.25) is 15.9 Å². The number of hydrogen-bond acceptors (Lipinski definition) is 5. The number of carbonyl (C=O) groups excluding carboxylic acids is 1. The van der Waals surface area contributed by atoms with Gasteiger partial charge in [0.05, 0.1) is 18.6 Å². The fourth-order valence-corrected chi connectivity index (χ4v) is 5.66. The van der Waals surface area contributed by atoms with Crippen LogP contribution in [0, 0.1) is 0 Å². The van der Waals surface area contributed by atoms with Crippen molar-refractivity contribution in [2.45, 2.75) is 11.4 Å². The number of ether oxygens (including phenoxy) is 1. The molecule has 0 bridgehead atoms. The van der Waals surface area contributed by atoms with Crippen molar-refractivity contribution in [1.82, 2.24) is 9.21 Å². The molecule has 0 atom stereocenters. The molecule has 1 aliphatic heterocycles. The normalized spacial score (nSPS) is 14.2. The Morgan fingerprint density at radius 2 is 1.42 bits per heavy atom. The standard InChI is InChI=1S/C26H27Cl2N3O4S/c1-35-24-10-8-23(9-11-24)29-14-16-30(17-15-29)26(32)19-31(18-20-2-4-21(27)5-3-20)36(33,34)25-12-6-22(28)7-13-25/h2-13H,14-19H2,1H3. The lowest BCUT2D eigenvalue weighted by atomic mass is 10.2. The Balaban J connectivity index is 1.47. The molecule has 0 N–H and O–H groups in total. The molecule has 190 valence electrons. The second-order valence-corrected chi connectivity index (χ2v) is 11.2. The molecule has 1 saturated heterocycles. The van der Waals surface area contributed by atoms with Crippen molar-refractivity contribution in [1.29, 1.82) is 0 Å². The summed E-state index contributed by atoms with van der Waals surface area (Å²) in [6.45, 7) is 2.08. The van der Waals surface area contributed by atoms with E-state index in [1.807, 2.05) is 24.3 Å². The predicted molar refractivity (Wildman–Crippen MR) is 142 cm³/mol. The summed E-state index contributed by atoms with van der Waals surface area (Å²) in [4.78, 5) is 17.2. The van der Waals surface area contributed by atoms with E-state index in [4.69, 9.17) is 27.9 Å². The van der Waals surface area contributed by atoms with Crippen molar-refractivity contribution in [3.63, 3.8) is 0 Å². The van der Waals surface area contributed by atoms with E-state index in [2.05, 4.69) is 4.90 Å². The van der Waals surface area contributed by atoms with Crippen molar-refractivity contribution in [3.8, 4) is 5.75 Å². The average molecular weight is 548 g/mol. The summed E-state index contributed by atoms with van der Waals surface area (Å²) < 4.78 is 33.4. The summed E-state index contributed by atoms with van der Waals surface area (Å²) in [5.41, 5.74) is 1.78. The third-order valence-electron chi connectivity index (χ3n) is 6.11. The largest absolute Gasteiger partial charge is 0.497 e. The molecule has 1 aliphatic rings. The van der Waals surface area contributed by atoms with Crippen molar-refractivity contribution >= 4 is 44.8 Å². The topological polar surface area (TPSA) is 70.2 Å². The molecule has 36 heavy (non-hydrogen) atoms. The third kappa shape index (κ3) is 6.31. The Hall–Kier alpha value is -2.78. The van der Waals surface area contributed by atoms with E-state index in [0.29, 0.717) is 36.2 Å². The van der Waals surface area contributed by atoms with Crippen molar-refractivity contribution < 1.29 is 17.9 Å². The van der Waals surface area contributed by atoms with Crippen LogP contribution in [0.1, 0.15) is 5.56 Å². The number of benzene rings is 3. The number of methoxy groups -OCH3 is 1. The lowest BCUT2D eigenvalue weighted by molar-refractivity contribution is -0.131. The SMILES string of the molecule is COc1ccc(N2CCN(C(=O)CN(Cc3ccc(Cl)cc3)S(=O)(=O)c3ccc(Cl)cc3)CC2)cc1. The van der Waals surface area contributed by atoms with E-state index in [0.717, 1.165) is 17.0 Å². The summed E-state index contributed by atoms with van der Waals surface area (Å²) in [6, 6.07) is 20.6.